The van der Waals surface area contributed by atoms with Crippen LogP contribution in [0, 0.1) is 0 Å². The van der Waals surface area contributed by atoms with Gasteiger partial charge >= 0.3 is 0 Å². The molecule has 1 spiro atoms. The normalized spacial score (nSPS) is 14.7. The Hall–Kier alpha value is -6.23. The third-order valence-electron chi connectivity index (χ3n) is 11.7. The van der Waals surface area contributed by atoms with Crippen LogP contribution in [0.1, 0.15) is 48.1 Å². The smallest absolute Gasteiger partial charge is 0.159 e. The molecule has 3 heterocycles. The van der Waals surface area contributed by atoms with Gasteiger partial charge in [0.15, 0.2) is 5.58 Å². The second-order valence-corrected chi connectivity index (χ2v) is 19.9. The minimum absolute atomic E-state index is 0.717. The molecule has 2 aliphatic heterocycles. The Kier molecular flexibility index (Phi) is 8.31. The minimum Gasteiger partial charge on any atom is -0.457 e. The number of ether oxygens (including phenoxy) is 1. The predicted molar refractivity (Wildman–Crippen MR) is 242 cm³/mol. The number of hydrogen-bond acceptors (Lipinski definition) is 3. The first-order valence-corrected chi connectivity index (χ1v) is 22.7. The molecule has 10 rings (SSSR count). The molecule has 0 bridgehead atoms. The monoisotopic (exact) mass is 759 g/mol. The van der Waals surface area contributed by atoms with Crippen LogP contribution in [0.25, 0.3) is 38.6 Å². The first kappa shape index (κ1) is 35.2. The summed E-state index contributed by atoms with van der Waals surface area (Å²) < 4.78 is 13.9. The maximum absolute atomic E-state index is 7.13. The van der Waals surface area contributed by atoms with Crippen molar-refractivity contribution in [1.29, 1.82) is 0 Å². The summed E-state index contributed by atoms with van der Waals surface area (Å²) in [6.07, 6.45) is 14.6. The zero-order valence-corrected chi connectivity index (χ0v) is 33.9. The van der Waals surface area contributed by atoms with Crippen molar-refractivity contribution < 1.29 is 9.15 Å². The average Bonchev–Trinajstić information content (AvgIpc) is 3.63. The number of furan rings is 1. The van der Waals surface area contributed by atoms with Gasteiger partial charge in [-0.05, 0) is 114 Å². The van der Waals surface area contributed by atoms with Crippen LogP contribution in [0.2, 0.25) is 0 Å². The first-order valence-electron chi connectivity index (χ1n) is 19.8. The fourth-order valence-corrected chi connectivity index (χ4v) is 10.5. The van der Waals surface area contributed by atoms with Gasteiger partial charge in [0.1, 0.15) is 17.1 Å². The van der Waals surface area contributed by atoms with Gasteiger partial charge in [-0.1, -0.05) is 128 Å². The van der Waals surface area contributed by atoms with Crippen molar-refractivity contribution in [2.75, 3.05) is 23.7 Å². The van der Waals surface area contributed by atoms with Gasteiger partial charge in [0.05, 0.1) is 22.5 Å². The number of benzene rings is 7. The van der Waals surface area contributed by atoms with Crippen LogP contribution in [-0.2, 0) is 5.41 Å². The summed E-state index contributed by atoms with van der Waals surface area (Å²) >= 11 is 0. The van der Waals surface area contributed by atoms with Crippen molar-refractivity contribution in [3.05, 3.63) is 198 Å². The van der Waals surface area contributed by atoms with Gasteiger partial charge in [0, 0.05) is 26.8 Å². The highest BCUT2D eigenvalue weighted by Crippen LogP contribution is 2.64. The van der Waals surface area contributed by atoms with Crippen LogP contribution in [0.4, 0.5) is 17.1 Å². The molecule has 3 nitrogen and oxygen atoms in total. The Morgan fingerprint density at radius 2 is 1.23 bits per heavy atom. The summed E-state index contributed by atoms with van der Waals surface area (Å²) in [5.41, 5.74) is 13.7. The lowest BCUT2D eigenvalue weighted by Gasteiger charge is -2.49. The third kappa shape index (κ3) is 5.34. The molecule has 4 heteroatoms. The van der Waals surface area contributed by atoms with Gasteiger partial charge in [-0.25, -0.2) is 10.0 Å². The molecule has 0 saturated carbocycles. The van der Waals surface area contributed by atoms with E-state index in [4.69, 9.17) is 9.15 Å². The Morgan fingerprint density at radius 1 is 0.596 bits per heavy atom. The van der Waals surface area contributed by atoms with Crippen molar-refractivity contribution in [2.45, 2.75) is 30.6 Å². The van der Waals surface area contributed by atoms with E-state index in [2.05, 4.69) is 207 Å². The summed E-state index contributed by atoms with van der Waals surface area (Å²) in [5, 5.41) is 2.28. The van der Waals surface area contributed by atoms with E-state index in [0.717, 1.165) is 73.6 Å². The molecule has 0 unspecified atom stereocenters. The van der Waals surface area contributed by atoms with Crippen LogP contribution in [-0.4, -0.2) is 18.8 Å². The highest BCUT2D eigenvalue weighted by molar-refractivity contribution is 8.32. The van der Waals surface area contributed by atoms with E-state index in [-0.39, 0.29) is 0 Å². The quantitative estimate of drug-likeness (QED) is 0.158. The molecule has 2 aliphatic rings. The molecule has 8 aromatic rings. The topological polar surface area (TPSA) is 25.6 Å². The van der Waals surface area contributed by atoms with Crippen molar-refractivity contribution in [1.82, 2.24) is 0 Å². The van der Waals surface area contributed by atoms with Gasteiger partial charge in [0.2, 0.25) is 0 Å². The maximum atomic E-state index is 7.13. The van der Waals surface area contributed by atoms with Crippen LogP contribution < -0.4 is 9.64 Å². The molecule has 0 amide bonds. The fraction of sp³-hybridized carbons (Fsp3) is 0.132. The zero-order valence-electron chi connectivity index (χ0n) is 33.0. The van der Waals surface area contributed by atoms with E-state index in [0.29, 0.717) is 0 Å². The van der Waals surface area contributed by atoms with Gasteiger partial charge in [-0.3, -0.25) is 0 Å². The molecular formula is C53H45NO2S. The lowest BCUT2D eigenvalue weighted by atomic mass is 9.60. The molecule has 0 radical (unpaired) electrons. The predicted octanol–water partition coefficient (Wildman–Crippen LogP) is 14.9. The Balaban J connectivity index is 1.37. The van der Waals surface area contributed by atoms with E-state index in [1.807, 2.05) is 0 Å². The number of anilines is 3. The second kappa shape index (κ2) is 13.5. The number of fused-ring (bicyclic) bond motifs is 11. The lowest BCUT2D eigenvalue weighted by Crippen LogP contribution is -2.40. The second-order valence-electron chi connectivity index (χ2n) is 15.8. The molecule has 7 aromatic carbocycles. The molecule has 280 valence electrons. The standard InChI is InChI=1S/C53H45NO2S/c1-6-17-35(18-7-2)37-29-31-45-43(33-37)53(41-23-11-13-26-48(41)55-49-27-14-12-24-42(49)53)44-34-38(36-19-9-8-10-20-36)30-32-46(44)54(45)47-25-15-21-39-40-22-16-28-50(57(3,4)5)52(40)56-51(39)47/h6,8-34H,7H2,1-5H3/b17-6-,35-18+. The number of rotatable bonds is 6. The van der Waals surface area contributed by atoms with Crippen molar-refractivity contribution >= 4 is 54.6 Å². The summed E-state index contributed by atoms with van der Waals surface area (Å²) in [5.74, 6) is 1.73. The summed E-state index contributed by atoms with van der Waals surface area (Å²) in [6.45, 7) is 4.30. The van der Waals surface area contributed by atoms with Gasteiger partial charge in [-0.15, -0.1) is 0 Å². The van der Waals surface area contributed by atoms with E-state index >= 15 is 0 Å². The number of nitrogens with zero attached hydrogens (tertiary/aromatic N) is 1. The fourth-order valence-electron chi connectivity index (χ4n) is 9.28. The van der Waals surface area contributed by atoms with E-state index in [1.165, 1.54) is 32.7 Å². The van der Waals surface area contributed by atoms with Gasteiger partial charge < -0.3 is 14.1 Å². The SMILES string of the molecule is C/C=C\C(=C/CC)c1ccc2c(c1)C1(c3ccccc3Oc3ccccc31)c1cc(-c3ccccc3)ccc1N2c1cccc2c1oc1c(S(C)(C)C)cccc12. The molecule has 0 aliphatic carbocycles. The lowest BCUT2D eigenvalue weighted by molar-refractivity contribution is 0.434. The third-order valence-corrected chi connectivity index (χ3v) is 13.3. The largest absolute Gasteiger partial charge is 0.457 e. The van der Waals surface area contributed by atoms with E-state index in [1.54, 1.807) is 0 Å². The molecule has 0 atom stereocenters. The highest BCUT2D eigenvalue weighted by atomic mass is 32.3. The van der Waals surface area contributed by atoms with Crippen molar-refractivity contribution in [3.63, 3.8) is 0 Å². The Labute approximate surface area is 336 Å². The first-order chi connectivity index (χ1) is 27.8. The van der Waals surface area contributed by atoms with Crippen LogP contribution in [0.5, 0.6) is 11.5 Å². The number of allylic oxidation sites excluding steroid dienone is 4. The molecule has 1 aromatic heterocycles. The van der Waals surface area contributed by atoms with Crippen LogP contribution in [0.3, 0.4) is 0 Å². The Bertz CT molecular complexity index is 2880. The van der Waals surface area contributed by atoms with Crippen molar-refractivity contribution in [3.8, 4) is 22.6 Å². The number of hydrogen-bond donors (Lipinski definition) is 0. The molecule has 0 N–H and O–H groups in total. The van der Waals surface area contributed by atoms with E-state index < -0.39 is 15.4 Å². The minimum atomic E-state index is -1.07. The van der Waals surface area contributed by atoms with Crippen LogP contribution >= 0.6 is 10.0 Å². The average molecular weight is 760 g/mol. The summed E-state index contributed by atoms with van der Waals surface area (Å²) in [6, 6.07) is 55.4. The molecular weight excluding hydrogens is 715 g/mol. The van der Waals surface area contributed by atoms with Gasteiger partial charge in [-0.2, -0.15) is 0 Å². The maximum Gasteiger partial charge on any atom is 0.159 e. The highest BCUT2D eigenvalue weighted by Gasteiger charge is 2.51. The van der Waals surface area contributed by atoms with Crippen molar-refractivity contribution in [2.24, 2.45) is 0 Å². The molecule has 57 heavy (non-hydrogen) atoms. The number of para-hydroxylation sites is 4. The summed E-state index contributed by atoms with van der Waals surface area (Å²) in [4.78, 5) is 3.75. The Morgan fingerprint density at radius 3 is 1.91 bits per heavy atom. The zero-order chi connectivity index (χ0) is 38.9. The van der Waals surface area contributed by atoms with Gasteiger partial charge in [0.25, 0.3) is 0 Å². The van der Waals surface area contributed by atoms with E-state index in [9.17, 15) is 0 Å². The summed E-state index contributed by atoms with van der Waals surface area (Å²) in [7, 11) is -1.07. The van der Waals surface area contributed by atoms with Crippen LogP contribution in [0.15, 0.2) is 179 Å². The molecule has 0 saturated heterocycles. The molecule has 0 fully saturated rings.